The molecule has 16 heavy (non-hydrogen) atoms. The Balaban J connectivity index is 2.34. The summed E-state index contributed by atoms with van der Waals surface area (Å²) in [6, 6.07) is 9.12. The molecule has 0 saturated carbocycles. The number of likely N-dealkylation sites (N-methyl/N-ethyl adjacent to an activating group) is 1. The van der Waals surface area contributed by atoms with Crippen molar-refractivity contribution >= 4 is 26.8 Å². The van der Waals surface area contributed by atoms with Crippen LogP contribution in [0.1, 0.15) is 6.92 Å². The van der Waals surface area contributed by atoms with E-state index in [1.165, 1.54) is 10.9 Å². The summed E-state index contributed by atoms with van der Waals surface area (Å²) in [6.07, 6.45) is 2.16. The summed E-state index contributed by atoms with van der Waals surface area (Å²) < 4.78 is 3.45. The fourth-order valence-corrected chi connectivity index (χ4v) is 2.11. The molecular formula is C13H17BrN2. The van der Waals surface area contributed by atoms with E-state index in [1.54, 1.807) is 0 Å². The Morgan fingerprint density at radius 2 is 2.06 bits per heavy atom. The molecule has 0 aliphatic heterocycles. The maximum atomic E-state index is 3.52. The molecule has 0 spiro atoms. The highest BCUT2D eigenvalue weighted by Gasteiger charge is 2.07. The lowest BCUT2D eigenvalue weighted by Crippen LogP contribution is -2.28. The number of hydrogen-bond acceptors (Lipinski definition) is 1. The topological polar surface area (TPSA) is 8.17 Å². The van der Waals surface area contributed by atoms with Gasteiger partial charge in [-0.2, -0.15) is 0 Å². The van der Waals surface area contributed by atoms with E-state index in [-0.39, 0.29) is 0 Å². The zero-order valence-electron chi connectivity index (χ0n) is 9.94. The zero-order chi connectivity index (χ0) is 11.7. The lowest BCUT2D eigenvalue weighted by atomic mass is 10.2. The Morgan fingerprint density at radius 3 is 2.75 bits per heavy atom. The molecule has 0 amide bonds. The number of benzene rings is 1. The number of aromatic nitrogens is 1. The highest BCUT2D eigenvalue weighted by Crippen LogP contribution is 2.21. The van der Waals surface area contributed by atoms with E-state index in [4.69, 9.17) is 0 Å². The first kappa shape index (κ1) is 11.7. The third kappa shape index (κ3) is 2.30. The summed E-state index contributed by atoms with van der Waals surface area (Å²) in [5, 5.41) is 1.30. The number of nitrogens with zero attached hydrogens (tertiary/aromatic N) is 2. The normalized spacial score (nSPS) is 13.6. The number of halogens is 1. The van der Waals surface area contributed by atoms with Crippen molar-refractivity contribution in [3.63, 3.8) is 0 Å². The van der Waals surface area contributed by atoms with Gasteiger partial charge in [-0.3, -0.25) is 0 Å². The molecule has 0 fully saturated rings. The third-order valence-electron chi connectivity index (χ3n) is 3.08. The molecule has 2 nitrogen and oxygen atoms in total. The van der Waals surface area contributed by atoms with Crippen LogP contribution in [0.2, 0.25) is 0 Å². The minimum absolute atomic E-state index is 0.537. The summed E-state index contributed by atoms with van der Waals surface area (Å²) in [5.74, 6) is 0. The maximum Gasteiger partial charge on any atom is 0.0492 e. The van der Waals surface area contributed by atoms with Crippen molar-refractivity contribution in [3.05, 3.63) is 34.9 Å². The maximum absolute atomic E-state index is 3.52. The van der Waals surface area contributed by atoms with Crippen molar-refractivity contribution in [1.29, 1.82) is 0 Å². The van der Waals surface area contributed by atoms with E-state index in [9.17, 15) is 0 Å². The van der Waals surface area contributed by atoms with Crippen LogP contribution >= 0.6 is 15.9 Å². The van der Waals surface area contributed by atoms with E-state index < -0.39 is 0 Å². The first-order valence-corrected chi connectivity index (χ1v) is 6.28. The highest BCUT2D eigenvalue weighted by atomic mass is 79.9. The smallest absolute Gasteiger partial charge is 0.0492 e. The Kier molecular flexibility index (Phi) is 3.36. The van der Waals surface area contributed by atoms with Crippen molar-refractivity contribution in [1.82, 2.24) is 9.47 Å². The Morgan fingerprint density at radius 1 is 1.31 bits per heavy atom. The molecule has 1 heterocycles. The SMILES string of the molecule is C[C@H](Cn1ccc2ccc(Br)cc21)N(C)C. The zero-order valence-corrected chi connectivity index (χ0v) is 11.5. The second-order valence-corrected chi connectivity index (χ2v) is 5.40. The van der Waals surface area contributed by atoms with Gasteiger partial charge in [-0.15, -0.1) is 0 Å². The number of rotatable bonds is 3. The van der Waals surface area contributed by atoms with Gasteiger partial charge in [0.15, 0.2) is 0 Å². The molecule has 86 valence electrons. The molecule has 0 N–H and O–H groups in total. The Labute approximate surface area is 105 Å². The first-order chi connectivity index (χ1) is 7.58. The molecule has 3 heteroatoms. The van der Waals surface area contributed by atoms with Gasteiger partial charge in [0.2, 0.25) is 0 Å². The van der Waals surface area contributed by atoms with Gasteiger partial charge in [0.1, 0.15) is 0 Å². The monoisotopic (exact) mass is 280 g/mol. The van der Waals surface area contributed by atoms with E-state index in [0.29, 0.717) is 6.04 Å². The lowest BCUT2D eigenvalue weighted by Gasteiger charge is -2.20. The fourth-order valence-electron chi connectivity index (χ4n) is 1.76. The molecule has 0 aliphatic rings. The van der Waals surface area contributed by atoms with E-state index >= 15 is 0 Å². The molecule has 1 atom stereocenters. The average molecular weight is 281 g/mol. The number of hydrogen-bond donors (Lipinski definition) is 0. The molecule has 0 bridgehead atoms. The van der Waals surface area contributed by atoms with Crippen LogP contribution in [0.25, 0.3) is 10.9 Å². The molecule has 2 aromatic rings. The van der Waals surface area contributed by atoms with Crippen LogP contribution in [0.4, 0.5) is 0 Å². The van der Waals surface area contributed by atoms with Gasteiger partial charge in [-0.25, -0.2) is 0 Å². The quantitative estimate of drug-likeness (QED) is 0.837. The molecule has 0 saturated heterocycles. The van der Waals surface area contributed by atoms with Crippen LogP contribution in [0.15, 0.2) is 34.9 Å². The van der Waals surface area contributed by atoms with Crippen molar-refractivity contribution in [2.75, 3.05) is 14.1 Å². The van der Waals surface area contributed by atoms with Crippen LogP contribution in [0.5, 0.6) is 0 Å². The van der Waals surface area contributed by atoms with Crippen LogP contribution in [-0.2, 0) is 6.54 Å². The van der Waals surface area contributed by atoms with Crippen LogP contribution < -0.4 is 0 Å². The van der Waals surface area contributed by atoms with Gasteiger partial charge >= 0.3 is 0 Å². The molecule has 0 unspecified atom stereocenters. The second-order valence-electron chi connectivity index (χ2n) is 4.48. The predicted octanol–water partition coefficient (Wildman–Crippen LogP) is 3.35. The average Bonchev–Trinajstić information content (AvgIpc) is 2.61. The lowest BCUT2D eigenvalue weighted by molar-refractivity contribution is 0.286. The number of fused-ring (bicyclic) bond motifs is 1. The minimum Gasteiger partial charge on any atom is -0.346 e. The highest BCUT2D eigenvalue weighted by molar-refractivity contribution is 9.10. The van der Waals surface area contributed by atoms with Gasteiger partial charge in [-0.1, -0.05) is 22.0 Å². The second kappa shape index (κ2) is 4.60. The van der Waals surface area contributed by atoms with Crippen LogP contribution in [0, 0.1) is 0 Å². The standard InChI is InChI=1S/C13H17BrN2/c1-10(15(2)3)9-16-7-6-11-4-5-12(14)8-13(11)16/h4-8,10H,9H2,1-3H3/t10-/m1/s1. The Hall–Kier alpha value is -0.800. The summed E-state index contributed by atoms with van der Waals surface area (Å²) in [6.45, 7) is 3.26. The summed E-state index contributed by atoms with van der Waals surface area (Å²) in [7, 11) is 4.23. The van der Waals surface area contributed by atoms with Crippen molar-refractivity contribution < 1.29 is 0 Å². The van der Waals surface area contributed by atoms with E-state index in [2.05, 4.69) is 76.9 Å². The van der Waals surface area contributed by atoms with E-state index in [0.717, 1.165) is 11.0 Å². The van der Waals surface area contributed by atoms with Crippen LogP contribution in [-0.4, -0.2) is 29.6 Å². The summed E-state index contributed by atoms with van der Waals surface area (Å²) in [5.41, 5.74) is 1.29. The molecule has 1 aromatic heterocycles. The third-order valence-corrected chi connectivity index (χ3v) is 3.57. The van der Waals surface area contributed by atoms with Gasteiger partial charge < -0.3 is 9.47 Å². The van der Waals surface area contributed by atoms with Gasteiger partial charge in [-0.05, 0) is 44.6 Å². The van der Waals surface area contributed by atoms with Gasteiger partial charge in [0.05, 0.1) is 0 Å². The molecule has 0 aliphatic carbocycles. The molecule has 2 rings (SSSR count). The molecule has 1 aromatic carbocycles. The van der Waals surface area contributed by atoms with Crippen molar-refractivity contribution in [2.24, 2.45) is 0 Å². The fraction of sp³-hybridized carbons (Fsp3) is 0.385. The minimum atomic E-state index is 0.537. The van der Waals surface area contributed by atoms with Gasteiger partial charge in [0, 0.05) is 28.8 Å². The molecular weight excluding hydrogens is 264 g/mol. The van der Waals surface area contributed by atoms with Crippen LogP contribution in [0.3, 0.4) is 0 Å². The summed E-state index contributed by atoms with van der Waals surface area (Å²) >= 11 is 3.52. The molecule has 0 radical (unpaired) electrons. The van der Waals surface area contributed by atoms with Crippen molar-refractivity contribution in [2.45, 2.75) is 19.5 Å². The largest absolute Gasteiger partial charge is 0.346 e. The van der Waals surface area contributed by atoms with Crippen molar-refractivity contribution in [3.8, 4) is 0 Å². The predicted molar refractivity (Wildman–Crippen MR) is 72.8 cm³/mol. The first-order valence-electron chi connectivity index (χ1n) is 5.49. The van der Waals surface area contributed by atoms with Gasteiger partial charge in [0.25, 0.3) is 0 Å². The summed E-state index contributed by atoms with van der Waals surface area (Å²) in [4.78, 5) is 2.24. The van der Waals surface area contributed by atoms with E-state index in [1.807, 2.05) is 0 Å². The Bertz CT molecular complexity index is 488.